The number of benzene rings is 1. The summed E-state index contributed by atoms with van der Waals surface area (Å²) in [4.78, 5) is 25.4. The SMILES string of the molecule is CSN1C(=O)C(c2c(C)cccc2C)=C(OC(=O)C2CC2)C1(C)C. The first kappa shape index (κ1) is 17.1. The molecular weight excluding hydrogens is 322 g/mol. The minimum atomic E-state index is -0.662. The average Bonchev–Trinajstić information content (AvgIpc) is 3.31. The lowest BCUT2D eigenvalue weighted by Gasteiger charge is -2.30. The first-order valence-corrected chi connectivity index (χ1v) is 9.39. The van der Waals surface area contributed by atoms with Gasteiger partial charge in [-0.3, -0.25) is 13.9 Å². The summed E-state index contributed by atoms with van der Waals surface area (Å²) in [6.07, 6.45) is 3.63. The summed E-state index contributed by atoms with van der Waals surface area (Å²) in [6, 6.07) is 5.94. The predicted molar refractivity (Wildman–Crippen MR) is 96.1 cm³/mol. The van der Waals surface area contributed by atoms with Crippen LogP contribution in [-0.2, 0) is 14.3 Å². The van der Waals surface area contributed by atoms with Gasteiger partial charge in [0.05, 0.1) is 11.5 Å². The number of carbonyl (C=O) groups is 2. The minimum Gasteiger partial charge on any atom is -0.427 e. The largest absolute Gasteiger partial charge is 0.427 e. The van der Waals surface area contributed by atoms with Crippen molar-refractivity contribution in [2.24, 2.45) is 5.92 Å². The molecule has 0 unspecified atom stereocenters. The van der Waals surface area contributed by atoms with Gasteiger partial charge in [0.1, 0.15) is 11.3 Å². The highest BCUT2D eigenvalue weighted by Crippen LogP contribution is 2.46. The quantitative estimate of drug-likeness (QED) is 0.614. The van der Waals surface area contributed by atoms with E-state index in [0.717, 1.165) is 29.5 Å². The second kappa shape index (κ2) is 5.96. The van der Waals surface area contributed by atoms with Gasteiger partial charge in [-0.2, -0.15) is 0 Å². The third-order valence-electron chi connectivity index (χ3n) is 4.72. The van der Waals surface area contributed by atoms with E-state index in [1.54, 1.807) is 4.31 Å². The van der Waals surface area contributed by atoms with Crippen LogP contribution in [0.4, 0.5) is 0 Å². The van der Waals surface area contributed by atoms with Crippen LogP contribution in [0.3, 0.4) is 0 Å². The van der Waals surface area contributed by atoms with E-state index in [1.165, 1.54) is 11.9 Å². The van der Waals surface area contributed by atoms with Gasteiger partial charge in [0.15, 0.2) is 0 Å². The molecule has 5 heteroatoms. The normalized spacial score (nSPS) is 19.9. The molecule has 1 amide bonds. The Morgan fingerprint density at radius 3 is 2.33 bits per heavy atom. The van der Waals surface area contributed by atoms with Gasteiger partial charge in [-0.05, 0) is 69.2 Å². The van der Waals surface area contributed by atoms with Crippen molar-refractivity contribution in [3.05, 3.63) is 40.6 Å². The topological polar surface area (TPSA) is 46.6 Å². The fourth-order valence-corrected chi connectivity index (χ4v) is 4.07. The molecule has 128 valence electrons. The van der Waals surface area contributed by atoms with Gasteiger partial charge < -0.3 is 4.74 Å². The summed E-state index contributed by atoms with van der Waals surface area (Å²) >= 11 is 1.36. The van der Waals surface area contributed by atoms with Gasteiger partial charge >= 0.3 is 5.97 Å². The maximum absolute atomic E-state index is 13.1. The molecule has 1 saturated carbocycles. The smallest absolute Gasteiger partial charge is 0.314 e. The molecule has 0 bridgehead atoms. The van der Waals surface area contributed by atoms with E-state index in [-0.39, 0.29) is 17.8 Å². The van der Waals surface area contributed by atoms with E-state index < -0.39 is 5.54 Å². The summed E-state index contributed by atoms with van der Waals surface area (Å²) < 4.78 is 7.49. The molecule has 0 aromatic heterocycles. The molecular formula is C19H23NO3S. The van der Waals surface area contributed by atoms with Crippen LogP contribution >= 0.6 is 11.9 Å². The monoisotopic (exact) mass is 345 g/mol. The standard InChI is InChI=1S/C19H23NO3S/c1-11-7-6-8-12(2)14(11)15-16(23-18(22)13-9-10-13)19(3,4)20(24-5)17(15)21/h6-8,13H,9-10H2,1-5H3. The van der Waals surface area contributed by atoms with Crippen molar-refractivity contribution in [1.29, 1.82) is 0 Å². The van der Waals surface area contributed by atoms with Crippen LogP contribution in [-0.4, -0.2) is 28.0 Å². The van der Waals surface area contributed by atoms with Crippen LogP contribution in [0.5, 0.6) is 0 Å². The van der Waals surface area contributed by atoms with Gasteiger partial charge in [-0.25, -0.2) is 0 Å². The third-order valence-corrected chi connectivity index (χ3v) is 5.70. The lowest BCUT2D eigenvalue weighted by atomic mass is 9.93. The molecule has 1 fully saturated rings. The number of esters is 1. The molecule has 1 aliphatic carbocycles. The van der Waals surface area contributed by atoms with E-state index in [2.05, 4.69) is 0 Å². The van der Waals surface area contributed by atoms with Crippen LogP contribution < -0.4 is 0 Å². The summed E-state index contributed by atoms with van der Waals surface area (Å²) in [5, 5.41) is 0. The molecule has 0 spiro atoms. The van der Waals surface area contributed by atoms with Crippen LogP contribution in [0.15, 0.2) is 24.0 Å². The first-order chi connectivity index (χ1) is 11.3. The van der Waals surface area contributed by atoms with Crippen LogP contribution in [0.2, 0.25) is 0 Å². The van der Waals surface area contributed by atoms with Gasteiger partial charge in [0.2, 0.25) is 0 Å². The zero-order valence-electron chi connectivity index (χ0n) is 14.8. The first-order valence-electron chi connectivity index (χ1n) is 8.20. The minimum absolute atomic E-state index is 0.00838. The molecule has 1 aliphatic heterocycles. The Hall–Kier alpha value is -1.75. The third kappa shape index (κ3) is 2.65. The maximum atomic E-state index is 13.1. The van der Waals surface area contributed by atoms with Crippen molar-refractivity contribution in [3.8, 4) is 0 Å². The van der Waals surface area contributed by atoms with Crippen molar-refractivity contribution < 1.29 is 14.3 Å². The molecule has 2 aliphatic rings. The Morgan fingerprint density at radius 2 is 1.83 bits per heavy atom. The van der Waals surface area contributed by atoms with Crippen molar-refractivity contribution >= 4 is 29.4 Å². The zero-order valence-corrected chi connectivity index (χ0v) is 15.6. The van der Waals surface area contributed by atoms with E-state index in [1.807, 2.05) is 52.1 Å². The summed E-state index contributed by atoms with van der Waals surface area (Å²) in [5.41, 5.74) is 2.77. The fourth-order valence-electron chi connectivity index (χ4n) is 3.27. The highest BCUT2D eigenvalue weighted by molar-refractivity contribution is 7.96. The van der Waals surface area contributed by atoms with E-state index in [0.29, 0.717) is 11.3 Å². The van der Waals surface area contributed by atoms with Crippen LogP contribution in [0, 0.1) is 19.8 Å². The molecule has 1 heterocycles. The Balaban J connectivity index is 2.18. The highest BCUT2D eigenvalue weighted by Gasteiger charge is 2.49. The second-order valence-electron chi connectivity index (χ2n) is 7.01. The lowest BCUT2D eigenvalue weighted by Crippen LogP contribution is -2.39. The van der Waals surface area contributed by atoms with Crippen LogP contribution in [0.1, 0.15) is 43.4 Å². The van der Waals surface area contributed by atoms with Crippen molar-refractivity contribution in [1.82, 2.24) is 4.31 Å². The number of carbonyl (C=O) groups excluding carboxylic acids is 2. The zero-order chi connectivity index (χ0) is 17.6. The van der Waals surface area contributed by atoms with E-state index in [4.69, 9.17) is 4.74 Å². The molecule has 24 heavy (non-hydrogen) atoms. The Labute approximate surface area is 147 Å². The Morgan fingerprint density at radius 1 is 1.25 bits per heavy atom. The number of nitrogens with zero attached hydrogens (tertiary/aromatic N) is 1. The molecule has 0 radical (unpaired) electrons. The number of rotatable bonds is 4. The molecule has 1 aromatic rings. The molecule has 4 nitrogen and oxygen atoms in total. The Bertz CT molecular complexity index is 727. The molecule has 0 N–H and O–H groups in total. The fraction of sp³-hybridized carbons (Fsp3) is 0.474. The number of aryl methyl sites for hydroxylation is 2. The Kier molecular flexibility index (Phi) is 4.24. The highest BCUT2D eigenvalue weighted by atomic mass is 32.2. The van der Waals surface area contributed by atoms with Gasteiger partial charge in [-0.1, -0.05) is 18.2 Å². The molecule has 0 atom stereocenters. The maximum Gasteiger partial charge on any atom is 0.314 e. The summed E-state index contributed by atoms with van der Waals surface area (Å²) in [7, 11) is 0. The lowest BCUT2D eigenvalue weighted by molar-refractivity contribution is -0.142. The van der Waals surface area contributed by atoms with Crippen molar-refractivity contribution in [2.45, 2.75) is 46.1 Å². The molecule has 1 aromatic carbocycles. The number of hydrogen-bond donors (Lipinski definition) is 0. The average molecular weight is 345 g/mol. The number of ether oxygens (including phenoxy) is 1. The second-order valence-corrected chi connectivity index (χ2v) is 7.74. The number of hydrogen-bond acceptors (Lipinski definition) is 4. The van der Waals surface area contributed by atoms with Crippen LogP contribution in [0.25, 0.3) is 5.57 Å². The molecule has 3 rings (SSSR count). The number of amides is 1. The van der Waals surface area contributed by atoms with Gasteiger partial charge in [-0.15, -0.1) is 0 Å². The molecule has 0 saturated heterocycles. The van der Waals surface area contributed by atoms with E-state index >= 15 is 0 Å². The van der Waals surface area contributed by atoms with Crippen molar-refractivity contribution in [2.75, 3.05) is 6.26 Å². The van der Waals surface area contributed by atoms with Crippen molar-refractivity contribution in [3.63, 3.8) is 0 Å². The van der Waals surface area contributed by atoms with E-state index in [9.17, 15) is 9.59 Å². The summed E-state index contributed by atoms with van der Waals surface area (Å²) in [6.45, 7) is 7.82. The van der Waals surface area contributed by atoms with Gasteiger partial charge in [0.25, 0.3) is 5.91 Å². The summed E-state index contributed by atoms with van der Waals surface area (Å²) in [5.74, 6) is 0.170. The van der Waals surface area contributed by atoms with Gasteiger partial charge in [0, 0.05) is 6.26 Å². The predicted octanol–water partition coefficient (Wildman–Crippen LogP) is 3.87.